The van der Waals surface area contributed by atoms with Crippen LogP contribution in [-0.2, 0) is 19.6 Å². The van der Waals surface area contributed by atoms with Crippen LogP contribution in [0.2, 0.25) is 0 Å². The number of fused-ring (bicyclic) bond motifs is 1. The molecule has 0 saturated heterocycles. The second kappa shape index (κ2) is 10.4. The lowest BCUT2D eigenvalue weighted by Crippen LogP contribution is -2.45. The minimum absolute atomic E-state index is 0.153. The molecular weight excluding hydrogens is 458 g/mol. The zero-order valence-electron chi connectivity index (χ0n) is 19.0. The van der Waals surface area contributed by atoms with E-state index < -0.39 is 16.1 Å². The summed E-state index contributed by atoms with van der Waals surface area (Å²) in [6.45, 7) is 2.14. The summed E-state index contributed by atoms with van der Waals surface area (Å²) >= 11 is 0. The summed E-state index contributed by atoms with van der Waals surface area (Å²) in [5.74, 6) is 0.699. The number of rotatable bonds is 8. The summed E-state index contributed by atoms with van der Waals surface area (Å²) in [6, 6.07) is 12.7. The maximum absolute atomic E-state index is 12.7. The maximum atomic E-state index is 12.7. The standard InChI is InChI=1S/C24H29N3O6S/c1-16(23(28)27-19-11-12-21-22(13-19)33-15-32-21)26-24(29)18-9-7-17(8-10-18)14-25-34(30,31)20-5-3-2-4-6-20/h2-6,11-13,16-18,25H,7-10,14-15H2,1H3,(H,26,29)(H,27,28)/t16-,17?,18?/m0/s1. The van der Waals surface area contributed by atoms with Gasteiger partial charge in [-0.3, -0.25) is 9.59 Å². The van der Waals surface area contributed by atoms with E-state index >= 15 is 0 Å². The Hall–Kier alpha value is -3.11. The van der Waals surface area contributed by atoms with E-state index in [1.165, 1.54) is 0 Å². The van der Waals surface area contributed by atoms with Crippen molar-refractivity contribution >= 4 is 27.5 Å². The Morgan fingerprint density at radius 3 is 2.44 bits per heavy atom. The number of benzene rings is 2. The van der Waals surface area contributed by atoms with Gasteiger partial charge in [-0.1, -0.05) is 18.2 Å². The van der Waals surface area contributed by atoms with Crippen molar-refractivity contribution in [1.82, 2.24) is 10.0 Å². The van der Waals surface area contributed by atoms with E-state index in [0.29, 0.717) is 36.6 Å². The third-order valence-corrected chi connectivity index (χ3v) is 7.66. The van der Waals surface area contributed by atoms with E-state index in [4.69, 9.17) is 9.47 Å². The van der Waals surface area contributed by atoms with E-state index in [2.05, 4.69) is 15.4 Å². The summed E-state index contributed by atoms with van der Waals surface area (Å²) in [5, 5.41) is 5.57. The minimum atomic E-state index is -3.53. The number of hydrogen-bond acceptors (Lipinski definition) is 6. The molecule has 3 N–H and O–H groups in total. The molecule has 1 heterocycles. The molecule has 1 atom stereocenters. The fraction of sp³-hybridized carbons (Fsp3) is 0.417. The molecule has 2 amide bonds. The SMILES string of the molecule is C[C@H](NC(=O)C1CCC(CNS(=O)(=O)c2ccccc2)CC1)C(=O)Nc1ccc2c(c1)OCO2. The predicted octanol–water partition coefficient (Wildman–Crippen LogP) is 2.64. The molecule has 182 valence electrons. The molecule has 4 rings (SSSR count). The Morgan fingerprint density at radius 1 is 1.00 bits per heavy atom. The molecule has 2 aromatic carbocycles. The van der Waals surface area contributed by atoms with Crippen LogP contribution in [0, 0.1) is 11.8 Å². The molecule has 0 bridgehead atoms. The first-order chi connectivity index (χ1) is 16.3. The molecule has 10 heteroatoms. The Bertz CT molecular complexity index is 1130. The number of nitrogens with one attached hydrogen (secondary N) is 3. The topological polar surface area (TPSA) is 123 Å². The van der Waals surface area contributed by atoms with Crippen molar-refractivity contribution in [3.8, 4) is 11.5 Å². The van der Waals surface area contributed by atoms with Crippen molar-refractivity contribution in [3.63, 3.8) is 0 Å². The summed E-state index contributed by atoms with van der Waals surface area (Å²) in [6.07, 6.45) is 2.79. The highest BCUT2D eigenvalue weighted by molar-refractivity contribution is 7.89. The van der Waals surface area contributed by atoms with E-state index in [0.717, 1.165) is 12.8 Å². The fourth-order valence-corrected chi connectivity index (χ4v) is 5.30. The average Bonchev–Trinajstić information content (AvgIpc) is 3.31. The fourth-order valence-electron chi connectivity index (χ4n) is 4.16. The highest BCUT2D eigenvalue weighted by Crippen LogP contribution is 2.34. The molecule has 2 aromatic rings. The predicted molar refractivity (Wildman–Crippen MR) is 126 cm³/mol. The zero-order valence-corrected chi connectivity index (χ0v) is 19.8. The van der Waals surface area contributed by atoms with E-state index in [1.54, 1.807) is 55.5 Å². The third kappa shape index (κ3) is 5.87. The summed E-state index contributed by atoms with van der Waals surface area (Å²) in [5.41, 5.74) is 0.564. The van der Waals surface area contributed by atoms with Crippen LogP contribution in [-0.4, -0.2) is 39.6 Å². The van der Waals surface area contributed by atoms with Crippen molar-refractivity contribution in [2.45, 2.75) is 43.5 Å². The van der Waals surface area contributed by atoms with Gasteiger partial charge in [-0.25, -0.2) is 13.1 Å². The van der Waals surface area contributed by atoms with E-state index in [-0.39, 0.29) is 35.3 Å². The Kier molecular flexibility index (Phi) is 7.38. The molecule has 0 aromatic heterocycles. The van der Waals surface area contributed by atoms with Gasteiger partial charge in [0.2, 0.25) is 28.6 Å². The van der Waals surface area contributed by atoms with Crippen molar-refractivity contribution in [2.75, 3.05) is 18.7 Å². The van der Waals surface area contributed by atoms with Crippen LogP contribution >= 0.6 is 0 Å². The average molecular weight is 488 g/mol. The Labute approximate surface area is 199 Å². The highest BCUT2D eigenvalue weighted by atomic mass is 32.2. The monoisotopic (exact) mass is 487 g/mol. The molecule has 0 spiro atoms. The minimum Gasteiger partial charge on any atom is -0.454 e. The molecule has 1 aliphatic heterocycles. The number of amides is 2. The lowest BCUT2D eigenvalue weighted by Gasteiger charge is -2.28. The van der Waals surface area contributed by atoms with Gasteiger partial charge in [-0.2, -0.15) is 0 Å². The number of sulfonamides is 1. The number of ether oxygens (including phenoxy) is 2. The smallest absolute Gasteiger partial charge is 0.246 e. The molecule has 9 nitrogen and oxygen atoms in total. The van der Waals surface area contributed by atoms with E-state index in [1.807, 2.05) is 0 Å². The Balaban J connectivity index is 1.20. The summed E-state index contributed by atoms with van der Waals surface area (Å²) in [4.78, 5) is 25.5. The van der Waals surface area contributed by atoms with Crippen molar-refractivity contribution < 1.29 is 27.5 Å². The molecule has 0 radical (unpaired) electrons. The quantitative estimate of drug-likeness (QED) is 0.526. The molecule has 34 heavy (non-hydrogen) atoms. The summed E-state index contributed by atoms with van der Waals surface area (Å²) in [7, 11) is -3.53. The first-order valence-corrected chi connectivity index (χ1v) is 12.9. The van der Waals surface area contributed by atoms with Gasteiger partial charge >= 0.3 is 0 Å². The van der Waals surface area contributed by atoms with Crippen LogP contribution in [0.15, 0.2) is 53.4 Å². The normalized spacial score (nSPS) is 20.4. The second-order valence-electron chi connectivity index (χ2n) is 8.67. The number of carbonyl (C=O) groups excluding carboxylic acids is 2. The van der Waals surface area contributed by atoms with Crippen molar-refractivity contribution in [2.24, 2.45) is 11.8 Å². The van der Waals surface area contributed by atoms with E-state index in [9.17, 15) is 18.0 Å². The van der Waals surface area contributed by atoms with Crippen molar-refractivity contribution in [3.05, 3.63) is 48.5 Å². The van der Waals surface area contributed by atoms with Gasteiger partial charge in [0.1, 0.15) is 6.04 Å². The van der Waals surface area contributed by atoms with Gasteiger partial charge in [0.05, 0.1) is 4.90 Å². The molecule has 1 saturated carbocycles. The van der Waals surface area contributed by atoms with Crippen LogP contribution in [0.5, 0.6) is 11.5 Å². The summed E-state index contributed by atoms with van der Waals surface area (Å²) < 4.78 is 38.0. The van der Waals surface area contributed by atoms with Gasteiger partial charge in [0.15, 0.2) is 11.5 Å². The lowest BCUT2D eigenvalue weighted by atomic mass is 9.81. The number of hydrogen-bond donors (Lipinski definition) is 3. The van der Waals surface area contributed by atoms with Gasteiger partial charge < -0.3 is 20.1 Å². The van der Waals surface area contributed by atoms with Crippen LogP contribution in [0.4, 0.5) is 5.69 Å². The molecule has 1 aliphatic carbocycles. The molecular formula is C24H29N3O6S. The maximum Gasteiger partial charge on any atom is 0.246 e. The van der Waals surface area contributed by atoms with Gasteiger partial charge in [-0.15, -0.1) is 0 Å². The highest BCUT2D eigenvalue weighted by Gasteiger charge is 2.29. The molecule has 0 unspecified atom stereocenters. The lowest BCUT2D eigenvalue weighted by molar-refractivity contribution is -0.129. The van der Waals surface area contributed by atoms with Crippen LogP contribution < -0.4 is 24.8 Å². The zero-order chi connectivity index (χ0) is 24.1. The number of anilines is 1. The third-order valence-electron chi connectivity index (χ3n) is 6.23. The molecule has 1 fully saturated rings. The van der Waals surface area contributed by atoms with Gasteiger partial charge in [-0.05, 0) is 62.8 Å². The first-order valence-electron chi connectivity index (χ1n) is 11.4. The van der Waals surface area contributed by atoms with Crippen LogP contribution in [0.3, 0.4) is 0 Å². The van der Waals surface area contributed by atoms with Gasteiger partial charge in [0.25, 0.3) is 0 Å². The molecule has 2 aliphatic rings. The largest absolute Gasteiger partial charge is 0.454 e. The van der Waals surface area contributed by atoms with Crippen LogP contribution in [0.25, 0.3) is 0 Å². The number of carbonyl (C=O) groups is 2. The second-order valence-corrected chi connectivity index (χ2v) is 10.4. The first kappa shape index (κ1) is 24.0. The van der Waals surface area contributed by atoms with Crippen LogP contribution in [0.1, 0.15) is 32.6 Å². The Morgan fingerprint density at radius 2 is 1.71 bits per heavy atom. The van der Waals surface area contributed by atoms with Crippen molar-refractivity contribution in [1.29, 1.82) is 0 Å². The van der Waals surface area contributed by atoms with Gasteiger partial charge in [0, 0.05) is 24.2 Å².